The van der Waals surface area contributed by atoms with Crippen molar-refractivity contribution in [2.24, 2.45) is 0 Å². The van der Waals surface area contributed by atoms with Crippen LogP contribution in [0.15, 0.2) is 12.1 Å². The second-order valence-corrected chi connectivity index (χ2v) is 3.89. The molecule has 0 unspecified atom stereocenters. The van der Waals surface area contributed by atoms with E-state index < -0.39 is 0 Å². The van der Waals surface area contributed by atoms with Gasteiger partial charge in [0, 0.05) is 18.6 Å². The third kappa shape index (κ3) is 4.15. The van der Waals surface area contributed by atoms with E-state index in [9.17, 15) is 9.59 Å². The van der Waals surface area contributed by atoms with Crippen LogP contribution >= 0.6 is 0 Å². The van der Waals surface area contributed by atoms with Gasteiger partial charge < -0.3 is 18.9 Å². The summed E-state index contributed by atoms with van der Waals surface area (Å²) < 4.78 is 20.3. The first kappa shape index (κ1) is 15.8. The van der Waals surface area contributed by atoms with E-state index in [1.54, 1.807) is 12.1 Å². The van der Waals surface area contributed by atoms with Crippen LogP contribution in [-0.2, 0) is 9.53 Å². The maximum Gasteiger partial charge on any atom is 0.305 e. The maximum absolute atomic E-state index is 11.0. The number of methoxy groups -OCH3 is 3. The minimum Gasteiger partial charge on any atom is -0.496 e. The smallest absolute Gasteiger partial charge is 0.305 e. The van der Waals surface area contributed by atoms with Crippen molar-refractivity contribution in [3.63, 3.8) is 0 Å². The molecule has 0 aliphatic rings. The number of esters is 1. The molecule has 0 amide bonds. The van der Waals surface area contributed by atoms with Crippen molar-refractivity contribution in [2.75, 3.05) is 27.9 Å². The Hall–Kier alpha value is -2.24. The first-order valence-corrected chi connectivity index (χ1v) is 6.07. The van der Waals surface area contributed by atoms with Crippen LogP contribution in [0.1, 0.15) is 23.2 Å². The molecule has 110 valence electrons. The lowest BCUT2D eigenvalue weighted by Gasteiger charge is -2.12. The predicted molar refractivity (Wildman–Crippen MR) is 71.7 cm³/mol. The Bertz CT molecular complexity index is 444. The zero-order chi connectivity index (χ0) is 15.0. The molecule has 0 aliphatic heterocycles. The molecule has 20 heavy (non-hydrogen) atoms. The van der Waals surface area contributed by atoms with E-state index >= 15 is 0 Å². The van der Waals surface area contributed by atoms with Crippen LogP contribution in [0.25, 0.3) is 0 Å². The average molecular weight is 282 g/mol. The number of hydrogen-bond donors (Lipinski definition) is 0. The summed E-state index contributed by atoms with van der Waals surface area (Å²) in [5, 5.41) is 0. The van der Waals surface area contributed by atoms with E-state index in [-0.39, 0.29) is 12.4 Å². The molecule has 0 heterocycles. The van der Waals surface area contributed by atoms with Crippen molar-refractivity contribution in [1.82, 2.24) is 0 Å². The van der Waals surface area contributed by atoms with Crippen LogP contribution < -0.4 is 14.2 Å². The molecule has 6 nitrogen and oxygen atoms in total. The van der Waals surface area contributed by atoms with Gasteiger partial charge in [-0.2, -0.15) is 0 Å². The standard InChI is InChI=1S/C14H18O6/c1-17-12-7-10(8-13(18-2)11(12)9-15)20-6-4-5-14(16)19-3/h7-9H,4-6H2,1-3H3. The summed E-state index contributed by atoms with van der Waals surface area (Å²) in [7, 11) is 4.27. The second-order valence-electron chi connectivity index (χ2n) is 3.89. The van der Waals surface area contributed by atoms with Crippen LogP contribution in [0.5, 0.6) is 17.2 Å². The van der Waals surface area contributed by atoms with Gasteiger partial charge in [0.2, 0.25) is 0 Å². The molecule has 0 spiro atoms. The monoisotopic (exact) mass is 282 g/mol. The summed E-state index contributed by atoms with van der Waals surface area (Å²) >= 11 is 0. The molecular weight excluding hydrogens is 264 g/mol. The van der Waals surface area contributed by atoms with Crippen molar-refractivity contribution < 1.29 is 28.5 Å². The van der Waals surface area contributed by atoms with Crippen LogP contribution in [0.2, 0.25) is 0 Å². The molecule has 0 fully saturated rings. The van der Waals surface area contributed by atoms with E-state index in [1.807, 2.05) is 0 Å². The molecule has 0 atom stereocenters. The number of ether oxygens (including phenoxy) is 4. The van der Waals surface area contributed by atoms with Crippen molar-refractivity contribution in [2.45, 2.75) is 12.8 Å². The Labute approximate surface area is 117 Å². The summed E-state index contributed by atoms with van der Waals surface area (Å²) in [5.41, 5.74) is 0.330. The fourth-order valence-electron chi connectivity index (χ4n) is 1.62. The van der Waals surface area contributed by atoms with Gasteiger partial charge in [-0.05, 0) is 6.42 Å². The van der Waals surface area contributed by atoms with Crippen molar-refractivity contribution in [3.05, 3.63) is 17.7 Å². The first-order valence-electron chi connectivity index (χ1n) is 6.07. The number of hydrogen-bond acceptors (Lipinski definition) is 6. The van der Waals surface area contributed by atoms with Crippen molar-refractivity contribution >= 4 is 12.3 Å². The molecule has 1 aromatic carbocycles. The van der Waals surface area contributed by atoms with Crippen LogP contribution in [0, 0.1) is 0 Å². The number of carbonyl (C=O) groups excluding carboxylic acids is 2. The maximum atomic E-state index is 11.0. The second kappa shape index (κ2) is 8.04. The molecule has 6 heteroatoms. The Morgan fingerprint density at radius 1 is 1.15 bits per heavy atom. The van der Waals surface area contributed by atoms with E-state index in [2.05, 4.69) is 4.74 Å². The van der Waals surface area contributed by atoms with Crippen LogP contribution in [0.4, 0.5) is 0 Å². The molecular formula is C14H18O6. The van der Waals surface area contributed by atoms with Crippen LogP contribution in [-0.4, -0.2) is 40.2 Å². The predicted octanol–water partition coefficient (Wildman–Crippen LogP) is 1.85. The Balaban J connectivity index is 2.71. The molecule has 1 aromatic rings. The number of rotatable bonds is 8. The Morgan fingerprint density at radius 3 is 2.20 bits per heavy atom. The quantitative estimate of drug-likeness (QED) is 0.411. The van der Waals surface area contributed by atoms with E-state index in [1.165, 1.54) is 21.3 Å². The Morgan fingerprint density at radius 2 is 1.75 bits per heavy atom. The van der Waals surface area contributed by atoms with Crippen LogP contribution in [0.3, 0.4) is 0 Å². The SMILES string of the molecule is COC(=O)CCCOc1cc(OC)c(C=O)c(OC)c1. The van der Waals surface area contributed by atoms with Gasteiger partial charge in [-0.3, -0.25) is 9.59 Å². The number of carbonyl (C=O) groups is 2. The van der Waals surface area contributed by atoms with E-state index in [0.29, 0.717) is 42.1 Å². The molecule has 1 rings (SSSR count). The van der Waals surface area contributed by atoms with Gasteiger partial charge >= 0.3 is 5.97 Å². The highest BCUT2D eigenvalue weighted by molar-refractivity contribution is 5.84. The lowest BCUT2D eigenvalue weighted by Crippen LogP contribution is -2.05. The van der Waals surface area contributed by atoms with Gasteiger partial charge in [0.1, 0.15) is 17.2 Å². The normalized spacial score (nSPS) is 9.75. The zero-order valence-corrected chi connectivity index (χ0v) is 11.8. The molecule has 0 saturated carbocycles. The van der Waals surface area contributed by atoms with E-state index in [0.717, 1.165) is 0 Å². The molecule has 0 aromatic heterocycles. The van der Waals surface area contributed by atoms with Gasteiger partial charge in [-0.15, -0.1) is 0 Å². The third-order valence-corrected chi connectivity index (χ3v) is 2.66. The molecule has 0 radical (unpaired) electrons. The summed E-state index contributed by atoms with van der Waals surface area (Å²) in [5.74, 6) is 0.985. The first-order chi connectivity index (χ1) is 9.65. The highest BCUT2D eigenvalue weighted by atomic mass is 16.5. The lowest BCUT2D eigenvalue weighted by atomic mass is 10.2. The number of benzene rings is 1. The fraction of sp³-hybridized carbons (Fsp3) is 0.429. The average Bonchev–Trinajstić information content (AvgIpc) is 2.49. The van der Waals surface area contributed by atoms with Crippen molar-refractivity contribution in [1.29, 1.82) is 0 Å². The highest BCUT2D eigenvalue weighted by Crippen LogP contribution is 2.32. The molecule has 0 aliphatic carbocycles. The van der Waals surface area contributed by atoms with Gasteiger partial charge in [-0.25, -0.2) is 0 Å². The minimum absolute atomic E-state index is 0.278. The summed E-state index contributed by atoms with van der Waals surface area (Å²) in [6.45, 7) is 0.349. The summed E-state index contributed by atoms with van der Waals surface area (Å²) in [6.07, 6.45) is 1.49. The third-order valence-electron chi connectivity index (χ3n) is 2.66. The number of aldehydes is 1. The topological polar surface area (TPSA) is 71.1 Å². The van der Waals surface area contributed by atoms with Gasteiger partial charge in [0.25, 0.3) is 0 Å². The van der Waals surface area contributed by atoms with Gasteiger partial charge in [0.05, 0.1) is 33.5 Å². The summed E-state index contributed by atoms with van der Waals surface area (Å²) in [6, 6.07) is 3.20. The van der Waals surface area contributed by atoms with Gasteiger partial charge in [0.15, 0.2) is 6.29 Å². The lowest BCUT2D eigenvalue weighted by molar-refractivity contribution is -0.140. The van der Waals surface area contributed by atoms with Gasteiger partial charge in [-0.1, -0.05) is 0 Å². The van der Waals surface area contributed by atoms with Crippen molar-refractivity contribution in [3.8, 4) is 17.2 Å². The summed E-state index contributed by atoms with van der Waals surface area (Å²) in [4.78, 5) is 21.9. The highest BCUT2D eigenvalue weighted by Gasteiger charge is 2.12. The zero-order valence-electron chi connectivity index (χ0n) is 11.8. The fourth-order valence-corrected chi connectivity index (χ4v) is 1.62. The largest absolute Gasteiger partial charge is 0.496 e. The molecule has 0 bridgehead atoms. The Kier molecular flexibility index (Phi) is 6.36. The van der Waals surface area contributed by atoms with E-state index in [4.69, 9.17) is 14.2 Å². The molecule has 0 saturated heterocycles. The minimum atomic E-state index is -0.278. The molecule has 0 N–H and O–H groups in total.